The fourth-order valence-corrected chi connectivity index (χ4v) is 3.11. The standard InChI is InChI=1S/C19H18N4O3/c1-25-13-8-14-18(16(9-13)26-2)22-17(23-7-6-21-19(14)23)10-15(24)12-4-3-5-20-11-12/h3-5,8-11,22H,6-7H2,1-2H3/b17-10+. The Hall–Kier alpha value is -3.35. The topological polar surface area (TPSA) is 76.1 Å². The molecule has 26 heavy (non-hydrogen) atoms. The average molecular weight is 350 g/mol. The molecule has 1 aromatic carbocycles. The average Bonchev–Trinajstić information content (AvgIpc) is 3.18. The van der Waals surface area contributed by atoms with E-state index in [1.807, 2.05) is 11.0 Å². The Morgan fingerprint density at radius 3 is 2.92 bits per heavy atom. The number of hydrogen-bond acceptors (Lipinski definition) is 7. The van der Waals surface area contributed by atoms with E-state index in [2.05, 4.69) is 15.3 Å². The molecule has 1 aromatic heterocycles. The molecule has 0 unspecified atom stereocenters. The van der Waals surface area contributed by atoms with Gasteiger partial charge in [-0.05, 0) is 18.2 Å². The van der Waals surface area contributed by atoms with Gasteiger partial charge >= 0.3 is 0 Å². The number of carbonyl (C=O) groups is 1. The number of benzene rings is 1. The lowest BCUT2D eigenvalue weighted by Gasteiger charge is -2.32. The van der Waals surface area contributed by atoms with Crippen molar-refractivity contribution in [1.82, 2.24) is 9.88 Å². The summed E-state index contributed by atoms with van der Waals surface area (Å²) >= 11 is 0. The van der Waals surface area contributed by atoms with Crippen LogP contribution >= 0.6 is 0 Å². The fourth-order valence-electron chi connectivity index (χ4n) is 3.11. The maximum atomic E-state index is 12.6. The number of ether oxygens (including phenoxy) is 2. The summed E-state index contributed by atoms with van der Waals surface area (Å²) < 4.78 is 10.9. The first-order valence-electron chi connectivity index (χ1n) is 8.22. The van der Waals surface area contributed by atoms with E-state index in [4.69, 9.17) is 9.47 Å². The number of fused-ring (bicyclic) bond motifs is 3. The lowest BCUT2D eigenvalue weighted by atomic mass is 10.1. The van der Waals surface area contributed by atoms with Gasteiger partial charge in [-0.1, -0.05) is 0 Å². The van der Waals surface area contributed by atoms with Crippen molar-refractivity contribution in [1.29, 1.82) is 0 Å². The van der Waals surface area contributed by atoms with Gasteiger partial charge in [-0.25, -0.2) is 0 Å². The van der Waals surface area contributed by atoms with E-state index >= 15 is 0 Å². The zero-order valence-electron chi connectivity index (χ0n) is 14.5. The Kier molecular flexibility index (Phi) is 4.04. The van der Waals surface area contributed by atoms with Gasteiger partial charge in [-0.3, -0.25) is 14.8 Å². The van der Waals surface area contributed by atoms with Crippen LogP contribution in [-0.2, 0) is 0 Å². The largest absolute Gasteiger partial charge is 0.497 e. The summed E-state index contributed by atoms with van der Waals surface area (Å²) in [5.41, 5.74) is 2.20. The summed E-state index contributed by atoms with van der Waals surface area (Å²) in [6.07, 6.45) is 4.77. The highest BCUT2D eigenvalue weighted by Gasteiger charge is 2.32. The third-order valence-electron chi connectivity index (χ3n) is 4.37. The first-order chi connectivity index (χ1) is 12.7. The van der Waals surface area contributed by atoms with E-state index in [0.29, 0.717) is 36.0 Å². The first-order valence-corrected chi connectivity index (χ1v) is 8.22. The van der Waals surface area contributed by atoms with E-state index in [9.17, 15) is 4.79 Å². The van der Waals surface area contributed by atoms with Crippen LogP contribution in [0.15, 0.2) is 53.5 Å². The van der Waals surface area contributed by atoms with Crippen molar-refractivity contribution >= 4 is 17.3 Å². The zero-order chi connectivity index (χ0) is 18.1. The van der Waals surface area contributed by atoms with Crippen LogP contribution in [0.1, 0.15) is 15.9 Å². The van der Waals surface area contributed by atoms with Crippen molar-refractivity contribution in [2.45, 2.75) is 0 Å². The number of nitrogens with zero attached hydrogens (tertiary/aromatic N) is 3. The summed E-state index contributed by atoms with van der Waals surface area (Å²) in [6, 6.07) is 7.21. The summed E-state index contributed by atoms with van der Waals surface area (Å²) in [4.78, 5) is 23.2. The van der Waals surface area contributed by atoms with Crippen molar-refractivity contribution in [3.05, 3.63) is 59.7 Å². The van der Waals surface area contributed by atoms with Crippen LogP contribution in [0.3, 0.4) is 0 Å². The molecule has 1 N–H and O–H groups in total. The van der Waals surface area contributed by atoms with Gasteiger partial charge in [-0.2, -0.15) is 0 Å². The fraction of sp³-hybridized carbons (Fsp3) is 0.211. The molecule has 0 fully saturated rings. The Bertz CT molecular complexity index is 922. The molecule has 3 heterocycles. The number of amidine groups is 1. The van der Waals surface area contributed by atoms with Crippen molar-refractivity contribution in [3.63, 3.8) is 0 Å². The Morgan fingerprint density at radius 1 is 1.31 bits per heavy atom. The molecule has 0 amide bonds. The van der Waals surface area contributed by atoms with Gasteiger partial charge in [0.25, 0.3) is 0 Å². The second-order valence-electron chi connectivity index (χ2n) is 5.87. The molecule has 0 spiro atoms. The molecule has 132 valence electrons. The number of hydrogen-bond donors (Lipinski definition) is 1. The number of methoxy groups -OCH3 is 2. The molecule has 4 rings (SSSR count). The lowest BCUT2D eigenvalue weighted by molar-refractivity contribution is 0.104. The minimum Gasteiger partial charge on any atom is -0.497 e. The number of aliphatic imine (C=N–C) groups is 1. The maximum absolute atomic E-state index is 12.6. The van der Waals surface area contributed by atoms with Crippen LogP contribution in [0.25, 0.3) is 0 Å². The molecule has 0 aliphatic carbocycles. The molecule has 0 saturated carbocycles. The van der Waals surface area contributed by atoms with E-state index in [-0.39, 0.29) is 5.78 Å². The summed E-state index contributed by atoms with van der Waals surface area (Å²) in [5.74, 6) is 2.68. The number of anilines is 1. The normalized spacial score (nSPS) is 16.5. The van der Waals surface area contributed by atoms with E-state index < -0.39 is 0 Å². The monoisotopic (exact) mass is 350 g/mol. The highest BCUT2D eigenvalue weighted by atomic mass is 16.5. The van der Waals surface area contributed by atoms with Gasteiger partial charge in [0.1, 0.15) is 23.2 Å². The number of allylic oxidation sites excluding steroid dienone is 1. The molecule has 0 atom stereocenters. The summed E-state index contributed by atoms with van der Waals surface area (Å²) in [7, 11) is 3.22. The van der Waals surface area contributed by atoms with Gasteiger partial charge < -0.3 is 19.7 Å². The third-order valence-corrected chi connectivity index (χ3v) is 4.37. The second kappa shape index (κ2) is 6.51. The van der Waals surface area contributed by atoms with Crippen molar-refractivity contribution < 1.29 is 14.3 Å². The third kappa shape index (κ3) is 2.67. The van der Waals surface area contributed by atoms with Gasteiger partial charge in [0.15, 0.2) is 5.78 Å². The lowest BCUT2D eigenvalue weighted by Crippen LogP contribution is -2.36. The van der Waals surface area contributed by atoms with Crippen molar-refractivity contribution in [3.8, 4) is 11.5 Å². The number of nitrogens with one attached hydrogen (secondary N) is 1. The summed E-state index contributed by atoms with van der Waals surface area (Å²) in [6.45, 7) is 1.36. The van der Waals surface area contributed by atoms with Crippen molar-refractivity contribution in [2.75, 3.05) is 32.6 Å². The molecule has 7 nitrogen and oxygen atoms in total. The first kappa shape index (κ1) is 16.1. The molecule has 0 saturated heterocycles. The number of carbonyl (C=O) groups excluding carboxylic acids is 1. The summed E-state index contributed by atoms with van der Waals surface area (Å²) in [5, 5.41) is 3.32. The number of pyridine rings is 1. The van der Waals surface area contributed by atoms with Gasteiger partial charge in [0, 0.05) is 42.2 Å². The smallest absolute Gasteiger partial charge is 0.191 e. The molecular formula is C19H18N4O3. The Morgan fingerprint density at radius 2 is 2.19 bits per heavy atom. The zero-order valence-corrected chi connectivity index (χ0v) is 14.5. The predicted octanol–water partition coefficient (Wildman–Crippen LogP) is 2.31. The van der Waals surface area contributed by atoms with Crippen LogP contribution in [0.5, 0.6) is 11.5 Å². The molecule has 7 heteroatoms. The van der Waals surface area contributed by atoms with Gasteiger partial charge in [-0.15, -0.1) is 0 Å². The van der Waals surface area contributed by atoms with Gasteiger partial charge in [0.2, 0.25) is 0 Å². The number of aromatic nitrogens is 1. The molecular weight excluding hydrogens is 332 g/mol. The van der Waals surface area contributed by atoms with Gasteiger partial charge in [0.05, 0.1) is 26.5 Å². The maximum Gasteiger partial charge on any atom is 0.191 e. The molecule has 2 aliphatic rings. The SMILES string of the molecule is COc1cc(OC)c2c(c1)C1=NCCN1/C(=C/C(=O)c1cccnc1)N2. The highest BCUT2D eigenvalue weighted by Crippen LogP contribution is 2.40. The van der Waals surface area contributed by atoms with E-state index in [1.165, 1.54) is 0 Å². The Labute approximate surface area is 151 Å². The molecule has 2 aliphatic heterocycles. The predicted molar refractivity (Wildman–Crippen MR) is 97.9 cm³/mol. The van der Waals surface area contributed by atoms with E-state index in [0.717, 1.165) is 17.1 Å². The number of rotatable bonds is 4. The minimum absolute atomic E-state index is 0.122. The van der Waals surface area contributed by atoms with Crippen LogP contribution < -0.4 is 14.8 Å². The second-order valence-corrected chi connectivity index (χ2v) is 5.87. The van der Waals surface area contributed by atoms with Crippen LogP contribution in [0.4, 0.5) is 5.69 Å². The van der Waals surface area contributed by atoms with E-state index in [1.54, 1.807) is 50.9 Å². The Balaban J connectivity index is 1.78. The molecule has 2 aromatic rings. The number of ketones is 1. The molecule has 0 bridgehead atoms. The quantitative estimate of drug-likeness (QED) is 0.674. The van der Waals surface area contributed by atoms with Crippen LogP contribution in [0.2, 0.25) is 0 Å². The highest BCUT2D eigenvalue weighted by molar-refractivity contribution is 6.11. The van der Waals surface area contributed by atoms with Crippen LogP contribution in [0, 0.1) is 0 Å². The van der Waals surface area contributed by atoms with Crippen molar-refractivity contribution in [2.24, 2.45) is 4.99 Å². The minimum atomic E-state index is -0.122. The molecule has 0 radical (unpaired) electrons. The van der Waals surface area contributed by atoms with Crippen LogP contribution in [-0.4, -0.2) is 48.8 Å².